The standard InChI is InChI=1S/C18H19N3O3/c1-12-4-9-15(24-12)18(22)20-16(17-19-10-11-21(17)2)13-5-7-14(23-3)8-6-13/h4-11,16H,1-3H3,(H,20,22). The monoisotopic (exact) mass is 325 g/mol. The average molecular weight is 325 g/mol. The van der Waals surface area contributed by atoms with E-state index in [1.165, 1.54) is 0 Å². The Morgan fingerprint density at radius 1 is 1.25 bits per heavy atom. The molecular weight excluding hydrogens is 306 g/mol. The van der Waals surface area contributed by atoms with Gasteiger partial charge in [-0.1, -0.05) is 12.1 Å². The Kier molecular flexibility index (Phi) is 4.37. The summed E-state index contributed by atoms with van der Waals surface area (Å²) in [5.41, 5.74) is 0.904. The summed E-state index contributed by atoms with van der Waals surface area (Å²) in [4.78, 5) is 16.9. The van der Waals surface area contributed by atoms with Gasteiger partial charge in [-0.3, -0.25) is 4.79 Å². The van der Waals surface area contributed by atoms with Crippen molar-refractivity contribution < 1.29 is 13.9 Å². The summed E-state index contributed by atoms with van der Waals surface area (Å²) in [5.74, 6) is 2.17. The molecule has 24 heavy (non-hydrogen) atoms. The molecule has 0 bridgehead atoms. The number of benzene rings is 1. The first-order chi connectivity index (χ1) is 11.6. The number of carbonyl (C=O) groups is 1. The molecule has 0 spiro atoms. The van der Waals surface area contributed by atoms with Gasteiger partial charge in [0.15, 0.2) is 5.76 Å². The molecule has 6 nitrogen and oxygen atoms in total. The molecule has 1 aromatic carbocycles. The van der Waals surface area contributed by atoms with Gasteiger partial charge < -0.3 is 19.0 Å². The van der Waals surface area contributed by atoms with Crippen molar-refractivity contribution in [3.05, 3.63) is 71.7 Å². The summed E-state index contributed by atoms with van der Waals surface area (Å²) in [7, 11) is 3.51. The van der Waals surface area contributed by atoms with E-state index in [0.717, 1.165) is 17.1 Å². The summed E-state index contributed by atoms with van der Waals surface area (Å²) in [5, 5.41) is 2.99. The SMILES string of the molecule is COc1ccc(C(NC(=O)c2ccc(C)o2)c2nccn2C)cc1. The molecule has 1 unspecified atom stereocenters. The van der Waals surface area contributed by atoms with Gasteiger partial charge in [0.2, 0.25) is 0 Å². The largest absolute Gasteiger partial charge is 0.497 e. The highest BCUT2D eigenvalue weighted by atomic mass is 16.5. The van der Waals surface area contributed by atoms with E-state index >= 15 is 0 Å². The maximum atomic E-state index is 12.5. The second-order valence-electron chi connectivity index (χ2n) is 5.49. The molecule has 6 heteroatoms. The molecule has 1 N–H and O–H groups in total. The minimum Gasteiger partial charge on any atom is -0.497 e. The Morgan fingerprint density at radius 3 is 2.54 bits per heavy atom. The lowest BCUT2D eigenvalue weighted by molar-refractivity contribution is 0.0912. The molecule has 3 rings (SSSR count). The Bertz CT molecular complexity index is 833. The number of carbonyl (C=O) groups excluding carboxylic acids is 1. The lowest BCUT2D eigenvalue weighted by atomic mass is 10.1. The lowest BCUT2D eigenvalue weighted by Gasteiger charge is -2.19. The molecule has 3 aromatic rings. The maximum absolute atomic E-state index is 12.5. The number of aryl methyl sites for hydroxylation is 2. The number of nitrogens with zero attached hydrogens (tertiary/aromatic N) is 2. The van der Waals surface area contributed by atoms with Crippen molar-refractivity contribution in [1.29, 1.82) is 0 Å². The summed E-state index contributed by atoms with van der Waals surface area (Å²) in [6.07, 6.45) is 3.55. The molecule has 2 aromatic heterocycles. The highest BCUT2D eigenvalue weighted by Crippen LogP contribution is 2.23. The number of aromatic nitrogens is 2. The minimum absolute atomic E-state index is 0.278. The third-order valence-corrected chi connectivity index (χ3v) is 3.81. The van der Waals surface area contributed by atoms with Crippen molar-refractivity contribution in [3.63, 3.8) is 0 Å². The molecule has 0 saturated heterocycles. The van der Waals surface area contributed by atoms with Crippen LogP contribution in [0.5, 0.6) is 5.75 Å². The van der Waals surface area contributed by atoms with Crippen molar-refractivity contribution in [2.24, 2.45) is 7.05 Å². The molecule has 0 aliphatic heterocycles. The van der Waals surface area contributed by atoms with Crippen LogP contribution in [0.15, 0.2) is 53.2 Å². The van der Waals surface area contributed by atoms with Crippen molar-refractivity contribution in [1.82, 2.24) is 14.9 Å². The number of hydrogen-bond donors (Lipinski definition) is 1. The number of amides is 1. The predicted octanol–water partition coefficient (Wildman–Crippen LogP) is 2.85. The van der Waals surface area contributed by atoms with Crippen molar-refractivity contribution in [2.75, 3.05) is 7.11 Å². The van der Waals surface area contributed by atoms with E-state index in [4.69, 9.17) is 9.15 Å². The van der Waals surface area contributed by atoms with E-state index in [-0.39, 0.29) is 11.7 Å². The molecule has 0 radical (unpaired) electrons. The van der Waals surface area contributed by atoms with Crippen LogP contribution in [-0.4, -0.2) is 22.6 Å². The normalized spacial score (nSPS) is 12.0. The molecule has 0 aliphatic rings. The van der Waals surface area contributed by atoms with Gasteiger partial charge in [-0.25, -0.2) is 4.98 Å². The van der Waals surface area contributed by atoms with Crippen LogP contribution in [0.4, 0.5) is 0 Å². The zero-order chi connectivity index (χ0) is 17.1. The Hall–Kier alpha value is -3.02. The van der Waals surface area contributed by atoms with E-state index in [0.29, 0.717) is 5.76 Å². The highest BCUT2D eigenvalue weighted by molar-refractivity contribution is 5.92. The van der Waals surface area contributed by atoms with Gasteiger partial charge in [0.05, 0.1) is 7.11 Å². The Labute approximate surface area is 140 Å². The summed E-state index contributed by atoms with van der Waals surface area (Å²) in [6.45, 7) is 1.80. The predicted molar refractivity (Wildman–Crippen MR) is 89.0 cm³/mol. The van der Waals surface area contributed by atoms with Crippen LogP contribution < -0.4 is 10.1 Å². The highest BCUT2D eigenvalue weighted by Gasteiger charge is 2.22. The molecular formula is C18H19N3O3. The first-order valence-corrected chi connectivity index (χ1v) is 7.57. The van der Waals surface area contributed by atoms with Crippen LogP contribution in [0.2, 0.25) is 0 Å². The van der Waals surface area contributed by atoms with Gasteiger partial charge in [-0.2, -0.15) is 0 Å². The van der Waals surface area contributed by atoms with Crippen LogP contribution in [0.25, 0.3) is 0 Å². The number of ether oxygens (including phenoxy) is 1. The van der Waals surface area contributed by atoms with Gasteiger partial charge in [-0.05, 0) is 36.8 Å². The number of rotatable bonds is 5. The third kappa shape index (κ3) is 3.17. The van der Waals surface area contributed by atoms with Gasteiger partial charge in [-0.15, -0.1) is 0 Å². The average Bonchev–Trinajstić information content (AvgIpc) is 3.21. The smallest absolute Gasteiger partial charge is 0.287 e. The molecule has 1 amide bonds. The molecule has 0 fully saturated rings. The second kappa shape index (κ2) is 6.62. The molecule has 0 saturated carbocycles. The van der Waals surface area contributed by atoms with Crippen LogP contribution in [-0.2, 0) is 7.05 Å². The van der Waals surface area contributed by atoms with Crippen molar-refractivity contribution in [3.8, 4) is 5.75 Å². The fourth-order valence-electron chi connectivity index (χ4n) is 2.51. The second-order valence-corrected chi connectivity index (χ2v) is 5.49. The van der Waals surface area contributed by atoms with E-state index in [1.807, 2.05) is 42.1 Å². The quantitative estimate of drug-likeness (QED) is 0.783. The molecule has 1 atom stereocenters. The number of furan rings is 1. The fourth-order valence-corrected chi connectivity index (χ4v) is 2.51. The first kappa shape index (κ1) is 15.9. The van der Waals surface area contributed by atoms with Crippen molar-refractivity contribution in [2.45, 2.75) is 13.0 Å². The van der Waals surface area contributed by atoms with E-state index in [2.05, 4.69) is 10.3 Å². The van der Waals surface area contributed by atoms with Crippen LogP contribution >= 0.6 is 0 Å². The Morgan fingerprint density at radius 2 is 2.00 bits per heavy atom. The van der Waals surface area contributed by atoms with Gasteiger partial charge in [0.1, 0.15) is 23.4 Å². The number of methoxy groups -OCH3 is 1. The van der Waals surface area contributed by atoms with Crippen LogP contribution in [0, 0.1) is 6.92 Å². The van der Waals surface area contributed by atoms with E-state index in [1.54, 1.807) is 32.4 Å². The van der Waals surface area contributed by atoms with E-state index < -0.39 is 6.04 Å². The molecule has 2 heterocycles. The van der Waals surface area contributed by atoms with Crippen molar-refractivity contribution >= 4 is 5.91 Å². The third-order valence-electron chi connectivity index (χ3n) is 3.81. The van der Waals surface area contributed by atoms with E-state index in [9.17, 15) is 4.79 Å². The summed E-state index contributed by atoms with van der Waals surface area (Å²) < 4.78 is 12.5. The zero-order valence-corrected chi connectivity index (χ0v) is 13.8. The number of hydrogen-bond acceptors (Lipinski definition) is 4. The van der Waals surface area contributed by atoms with Crippen LogP contribution in [0.1, 0.15) is 33.7 Å². The topological polar surface area (TPSA) is 69.3 Å². The van der Waals surface area contributed by atoms with Gasteiger partial charge in [0.25, 0.3) is 5.91 Å². The van der Waals surface area contributed by atoms with Gasteiger partial charge >= 0.3 is 0 Å². The lowest BCUT2D eigenvalue weighted by Crippen LogP contribution is -2.30. The van der Waals surface area contributed by atoms with Gasteiger partial charge in [0, 0.05) is 19.4 Å². The summed E-state index contributed by atoms with van der Waals surface area (Å²) in [6, 6.07) is 10.6. The zero-order valence-electron chi connectivity index (χ0n) is 13.8. The molecule has 0 aliphatic carbocycles. The summed E-state index contributed by atoms with van der Waals surface area (Å²) >= 11 is 0. The number of imidazole rings is 1. The Balaban J connectivity index is 1.93. The fraction of sp³-hybridized carbons (Fsp3) is 0.222. The van der Waals surface area contributed by atoms with Crippen LogP contribution in [0.3, 0.4) is 0 Å². The minimum atomic E-state index is -0.395. The maximum Gasteiger partial charge on any atom is 0.287 e. The first-order valence-electron chi connectivity index (χ1n) is 7.57. The molecule has 124 valence electrons. The number of nitrogens with one attached hydrogen (secondary N) is 1.